The van der Waals surface area contributed by atoms with Crippen molar-refractivity contribution in [1.82, 2.24) is 10.3 Å². The smallest absolute Gasteiger partial charge is 0.340 e. The average Bonchev–Trinajstić information content (AvgIpc) is 2.94. The number of aryl methyl sites for hydroxylation is 1. The molecule has 0 aliphatic rings. The van der Waals surface area contributed by atoms with Crippen molar-refractivity contribution in [2.45, 2.75) is 26.9 Å². The zero-order chi connectivity index (χ0) is 20.1. The predicted molar refractivity (Wildman–Crippen MR) is 96.6 cm³/mol. The molecular formula is C18H21N3O6. The number of H-pyrrole nitrogens is 1. The molecule has 2 aromatic rings. The number of amides is 1. The Morgan fingerprint density at radius 2 is 1.93 bits per heavy atom. The van der Waals surface area contributed by atoms with E-state index in [9.17, 15) is 24.8 Å². The number of hydrogen-bond donors (Lipinski definition) is 3. The molecule has 0 saturated carbocycles. The van der Waals surface area contributed by atoms with E-state index in [1.54, 1.807) is 20.8 Å². The summed E-state index contributed by atoms with van der Waals surface area (Å²) in [5.41, 5.74) is 1.87. The fraction of sp³-hybridized carbons (Fsp3) is 0.333. The summed E-state index contributed by atoms with van der Waals surface area (Å²) in [6.07, 6.45) is -1.03. The number of nitrogens with zero attached hydrogens (tertiary/aromatic N) is 1. The molecule has 1 aromatic carbocycles. The number of carbonyl (C=O) groups excluding carboxylic acids is 2. The molecule has 0 aliphatic heterocycles. The topological polar surface area (TPSA) is 135 Å². The molecule has 0 aliphatic carbocycles. The summed E-state index contributed by atoms with van der Waals surface area (Å²) < 4.78 is 4.99. The number of nitro benzene ring substituents is 1. The number of esters is 1. The van der Waals surface area contributed by atoms with Crippen LogP contribution in [0.25, 0.3) is 0 Å². The Balaban J connectivity index is 2.06. The molecule has 1 amide bonds. The summed E-state index contributed by atoms with van der Waals surface area (Å²) in [4.78, 5) is 37.4. The molecule has 3 N–H and O–H groups in total. The van der Waals surface area contributed by atoms with Crippen LogP contribution in [0.15, 0.2) is 24.3 Å². The number of carbonyl (C=O) groups is 2. The molecule has 0 radical (unpaired) electrons. The second-order valence-corrected chi connectivity index (χ2v) is 5.92. The summed E-state index contributed by atoms with van der Waals surface area (Å²) in [5.74, 6) is -0.985. The molecule has 0 bridgehead atoms. The van der Waals surface area contributed by atoms with Crippen LogP contribution in [0.2, 0.25) is 0 Å². The lowest BCUT2D eigenvalue weighted by atomic mass is 10.1. The quantitative estimate of drug-likeness (QED) is 0.386. The van der Waals surface area contributed by atoms with Gasteiger partial charge in [0.1, 0.15) is 5.69 Å². The first-order valence-electron chi connectivity index (χ1n) is 8.33. The number of rotatable bonds is 7. The first-order valence-corrected chi connectivity index (χ1v) is 8.33. The fourth-order valence-electron chi connectivity index (χ4n) is 2.70. The number of non-ortho nitro benzene ring substituents is 1. The van der Waals surface area contributed by atoms with Gasteiger partial charge in [-0.2, -0.15) is 0 Å². The van der Waals surface area contributed by atoms with Crippen molar-refractivity contribution in [3.05, 3.63) is 62.5 Å². The van der Waals surface area contributed by atoms with Gasteiger partial charge < -0.3 is 20.1 Å². The van der Waals surface area contributed by atoms with E-state index in [0.717, 1.165) is 0 Å². The second-order valence-electron chi connectivity index (χ2n) is 5.92. The third-order valence-corrected chi connectivity index (χ3v) is 4.09. The molecule has 144 valence electrons. The Morgan fingerprint density at radius 1 is 1.30 bits per heavy atom. The summed E-state index contributed by atoms with van der Waals surface area (Å²) in [5, 5.41) is 23.4. The van der Waals surface area contributed by atoms with Crippen LogP contribution in [0.4, 0.5) is 5.69 Å². The molecule has 2 rings (SSSR count). The first-order chi connectivity index (χ1) is 12.8. The van der Waals surface area contributed by atoms with Gasteiger partial charge in [-0.3, -0.25) is 14.9 Å². The van der Waals surface area contributed by atoms with Gasteiger partial charge in [-0.05, 0) is 44.0 Å². The van der Waals surface area contributed by atoms with E-state index in [2.05, 4.69) is 10.3 Å². The van der Waals surface area contributed by atoms with Crippen LogP contribution >= 0.6 is 0 Å². The van der Waals surface area contributed by atoms with Crippen molar-refractivity contribution >= 4 is 17.6 Å². The number of benzene rings is 1. The van der Waals surface area contributed by atoms with Crippen molar-refractivity contribution < 1.29 is 24.4 Å². The molecular weight excluding hydrogens is 354 g/mol. The highest BCUT2D eigenvalue weighted by molar-refractivity contribution is 6.00. The van der Waals surface area contributed by atoms with Gasteiger partial charge in [-0.25, -0.2) is 4.79 Å². The molecule has 27 heavy (non-hydrogen) atoms. The Hall–Kier alpha value is -3.20. The van der Waals surface area contributed by atoms with Gasteiger partial charge in [0.2, 0.25) is 0 Å². The van der Waals surface area contributed by atoms with E-state index in [-0.39, 0.29) is 24.5 Å². The summed E-state index contributed by atoms with van der Waals surface area (Å²) >= 11 is 0. The average molecular weight is 375 g/mol. The zero-order valence-electron chi connectivity index (χ0n) is 15.2. The first kappa shape index (κ1) is 20.1. The lowest BCUT2D eigenvalue weighted by molar-refractivity contribution is -0.384. The zero-order valence-corrected chi connectivity index (χ0v) is 15.2. The normalized spacial score (nSPS) is 11.7. The highest BCUT2D eigenvalue weighted by Crippen LogP contribution is 2.20. The van der Waals surface area contributed by atoms with Gasteiger partial charge in [0.05, 0.1) is 23.2 Å². The number of nitrogens with one attached hydrogen (secondary N) is 2. The second kappa shape index (κ2) is 8.45. The number of aliphatic hydroxyl groups is 1. The van der Waals surface area contributed by atoms with E-state index in [1.807, 2.05) is 0 Å². The highest BCUT2D eigenvalue weighted by Gasteiger charge is 2.23. The summed E-state index contributed by atoms with van der Waals surface area (Å²) in [6.45, 7) is 5.14. The largest absolute Gasteiger partial charge is 0.462 e. The van der Waals surface area contributed by atoms with Crippen LogP contribution in [0.5, 0.6) is 0 Å². The Labute approximate surface area is 155 Å². The molecule has 0 saturated heterocycles. The van der Waals surface area contributed by atoms with E-state index < -0.39 is 22.9 Å². The van der Waals surface area contributed by atoms with E-state index in [4.69, 9.17) is 4.74 Å². The number of aromatic amines is 1. The van der Waals surface area contributed by atoms with Crippen LogP contribution in [0.3, 0.4) is 0 Å². The van der Waals surface area contributed by atoms with E-state index >= 15 is 0 Å². The standard InChI is InChI=1S/C18H21N3O6/c1-4-27-18(24)15-10(2)16(20-11(15)3)17(23)19-9-14(22)12-5-7-13(8-6-12)21(25)26/h5-8,14,20,22H,4,9H2,1-3H3,(H,19,23). The molecule has 9 heteroatoms. The number of aliphatic hydroxyl groups excluding tert-OH is 1. The van der Waals surface area contributed by atoms with Gasteiger partial charge in [0.25, 0.3) is 11.6 Å². The molecule has 1 aromatic heterocycles. The third kappa shape index (κ3) is 4.50. The molecule has 1 heterocycles. The minimum atomic E-state index is -1.03. The molecule has 0 spiro atoms. The fourth-order valence-corrected chi connectivity index (χ4v) is 2.70. The van der Waals surface area contributed by atoms with Crippen molar-refractivity contribution in [2.75, 3.05) is 13.2 Å². The van der Waals surface area contributed by atoms with E-state index in [1.165, 1.54) is 24.3 Å². The number of nitro groups is 1. The lowest BCUT2D eigenvalue weighted by Gasteiger charge is -2.12. The molecule has 0 fully saturated rings. The number of aromatic nitrogens is 1. The van der Waals surface area contributed by atoms with Crippen molar-refractivity contribution in [1.29, 1.82) is 0 Å². The predicted octanol–water partition coefficient (Wildman–Crippen LogP) is 2.18. The molecule has 1 unspecified atom stereocenters. The summed E-state index contributed by atoms with van der Waals surface area (Å²) in [7, 11) is 0. The van der Waals surface area contributed by atoms with Crippen molar-refractivity contribution in [3.63, 3.8) is 0 Å². The minimum Gasteiger partial charge on any atom is -0.462 e. The maximum absolute atomic E-state index is 12.4. The number of ether oxygens (including phenoxy) is 1. The van der Waals surface area contributed by atoms with Gasteiger partial charge in [-0.1, -0.05) is 0 Å². The monoisotopic (exact) mass is 375 g/mol. The third-order valence-electron chi connectivity index (χ3n) is 4.09. The van der Waals surface area contributed by atoms with Gasteiger partial charge in [0, 0.05) is 24.4 Å². The van der Waals surface area contributed by atoms with Gasteiger partial charge >= 0.3 is 5.97 Å². The van der Waals surface area contributed by atoms with Crippen LogP contribution in [-0.4, -0.2) is 40.0 Å². The maximum atomic E-state index is 12.4. The van der Waals surface area contributed by atoms with Crippen LogP contribution < -0.4 is 5.32 Å². The Kier molecular flexibility index (Phi) is 6.30. The highest BCUT2D eigenvalue weighted by atomic mass is 16.6. The molecule has 1 atom stereocenters. The van der Waals surface area contributed by atoms with Crippen LogP contribution in [-0.2, 0) is 4.74 Å². The Morgan fingerprint density at radius 3 is 2.48 bits per heavy atom. The van der Waals surface area contributed by atoms with Gasteiger partial charge in [0.15, 0.2) is 0 Å². The van der Waals surface area contributed by atoms with Crippen LogP contribution in [0, 0.1) is 24.0 Å². The van der Waals surface area contributed by atoms with Gasteiger partial charge in [-0.15, -0.1) is 0 Å². The summed E-state index contributed by atoms with van der Waals surface area (Å²) in [6, 6.07) is 5.42. The van der Waals surface area contributed by atoms with E-state index in [0.29, 0.717) is 22.4 Å². The molecule has 9 nitrogen and oxygen atoms in total. The van der Waals surface area contributed by atoms with Crippen molar-refractivity contribution in [3.8, 4) is 0 Å². The minimum absolute atomic E-state index is 0.0843. The SMILES string of the molecule is CCOC(=O)c1c(C)[nH]c(C(=O)NCC(O)c2ccc([N+](=O)[O-])cc2)c1C. The Bertz CT molecular complexity index is 857. The lowest BCUT2D eigenvalue weighted by Crippen LogP contribution is -2.29. The maximum Gasteiger partial charge on any atom is 0.340 e. The van der Waals surface area contributed by atoms with Crippen molar-refractivity contribution in [2.24, 2.45) is 0 Å². The number of hydrogen-bond acceptors (Lipinski definition) is 6. The van der Waals surface area contributed by atoms with Crippen LogP contribution in [0.1, 0.15) is 50.7 Å².